The monoisotopic (exact) mass is 344 g/mol. The molecule has 0 aromatic carbocycles. The predicted octanol–water partition coefficient (Wildman–Crippen LogP) is 3.66. The van der Waals surface area contributed by atoms with Crippen LogP contribution in [0.3, 0.4) is 0 Å². The van der Waals surface area contributed by atoms with Gasteiger partial charge in [-0.3, -0.25) is 0 Å². The van der Waals surface area contributed by atoms with Crippen molar-refractivity contribution in [3.63, 3.8) is 0 Å². The largest absolute Gasteiger partial charge is 0.503 e. The van der Waals surface area contributed by atoms with Gasteiger partial charge >= 0.3 is 8.80 Å². The summed E-state index contributed by atoms with van der Waals surface area (Å²) >= 11 is 0. The van der Waals surface area contributed by atoms with Crippen LogP contribution in [0.5, 0.6) is 0 Å². The third kappa shape index (κ3) is 5.78. The Bertz CT molecular complexity index is 354. The summed E-state index contributed by atoms with van der Waals surface area (Å²) in [4.78, 5) is 4.71. The topological polar surface area (TPSA) is 34.2 Å². The Labute approximate surface area is 143 Å². The lowest BCUT2D eigenvalue weighted by Gasteiger charge is -2.35. The van der Waals surface area contributed by atoms with Crippen LogP contribution in [0, 0.1) is 0 Å². The molecule has 1 atom stereocenters. The summed E-state index contributed by atoms with van der Waals surface area (Å²) in [6, 6.07) is 0. The molecule has 0 saturated carbocycles. The second-order valence-electron chi connectivity index (χ2n) is 6.98. The van der Waals surface area contributed by atoms with Crippen LogP contribution in [0.15, 0.2) is 12.4 Å². The molecule has 0 aromatic rings. The Kier molecular flexibility index (Phi) is 8.07. The molecule has 1 rings (SSSR count). The average Bonchev–Trinajstić information content (AvgIpc) is 2.94. The Morgan fingerprint density at radius 2 is 1.52 bits per heavy atom. The molecule has 0 radical (unpaired) electrons. The summed E-state index contributed by atoms with van der Waals surface area (Å²) < 4.78 is 18.0. The molecule has 1 aliphatic rings. The molecule has 0 fully saturated rings. The van der Waals surface area contributed by atoms with Crippen LogP contribution in [0.2, 0.25) is 5.54 Å². The maximum Gasteiger partial charge on any atom is 0.503 e. The number of hydrogen-bond donors (Lipinski definition) is 0. The Balaban J connectivity index is 2.59. The van der Waals surface area contributed by atoms with Gasteiger partial charge in [0.25, 0.3) is 0 Å². The highest BCUT2D eigenvalue weighted by Gasteiger charge is 2.46. The molecule has 0 aliphatic carbocycles. The minimum Gasteiger partial charge on any atom is -0.374 e. The molecule has 0 aromatic heterocycles. The number of rotatable bonds is 10. The highest BCUT2D eigenvalue weighted by atomic mass is 28.4. The van der Waals surface area contributed by atoms with Crippen molar-refractivity contribution in [2.45, 2.75) is 66.0 Å². The minimum absolute atomic E-state index is 0.164. The first-order valence-corrected chi connectivity index (χ1v) is 10.7. The maximum absolute atomic E-state index is 6.01. The van der Waals surface area contributed by atoms with Crippen molar-refractivity contribution in [1.29, 1.82) is 0 Å². The fraction of sp³-hybridized carbons (Fsp3) is 0.882. The van der Waals surface area contributed by atoms with Crippen molar-refractivity contribution in [1.82, 2.24) is 9.80 Å². The van der Waals surface area contributed by atoms with Crippen LogP contribution in [0.25, 0.3) is 0 Å². The fourth-order valence-electron chi connectivity index (χ4n) is 2.74. The molecule has 1 heterocycles. The lowest BCUT2D eigenvalue weighted by molar-refractivity contribution is 0.0601. The van der Waals surface area contributed by atoms with Gasteiger partial charge in [0.05, 0.1) is 6.67 Å². The van der Waals surface area contributed by atoms with E-state index in [-0.39, 0.29) is 5.54 Å². The highest BCUT2D eigenvalue weighted by molar-refractivity contribution is 6.62. The number of hydrogen-bond acceptors (Lipinski definition) is 5. The van der Waals surface area contributed by atoms with Gasteiger partial charge in [0.2, 0.25) is 0 Å². The fourth-order valence-corrected chi connectivity index (χ4v) is 5.53. The molecule has 23 heavy (non-hydrogen) atoms. The van der Waals surface area contributed by atoms with Crippen molar-refractivity contribution in [2.24, 2.45) is 0 Å². The van der Waals surface area contributed by atoms with Crippen LogP contribution in [0.4, 0.5) is 0 Å². The summed E-state index contributed by atoms with van der Waals surface area (Å²) in [7, 11) is -2.59. The van der Waals surface area contributed by atoms with Gasteiger partial charge in [-0.25, -0.2) is 0 Å². The van der Waals surface area contributed by atoms with Gasteiger partial charge in [-0.15, -0.1) is 0 Å². The van der Waals surface area contributed by atoms with Gasteiger partial charge in [0.1, 0.15) is 0 Å². The SMILES string of the molecule is CCO[Si](OCC)(OCC)C(C)CCN1C=CN(C(C)(C)C)C1. The van der Waals surface area contributed by atoms with Crippen molar-refractivity contribution in [2.75, 3.05) is 33.0 Å². The van der Waals surface area contributed by atoms with Gasteiger partial charge in [0.15, 0.2) is 0 Å². The summed E-state index contributed by atoms with van der Waals surface area (Å²) in [6.07, 6.45) is 5.38. The van der Waals surface area contributed by atoms with Crippen LogP contribution in [-0.4, -0.2) is 57.2 Å². The Hall–Kier alpha value is -0.563. The van der Waals surface area contributed by atoms with Gasteiger partial charge in [0, 0.05) is 49.8 Å². The first kappa shape index (κ1) is 20.5. The molecule has 1 aliphatic heterocycles. The van der Waals surface area contributed by atoms with E-state index in [1.165, 1.54) is 0 Å². The smallest absolute Gasteiger partial charge is 0.374 e. The maximum atomic E-state index is 6.01. The molecule has 0 saturated heterocycles. The molecular weight excluding hydrogens is 308 g/mol. The lowest BCUT2D eigenvalue weighted by atomic mass is 10.1. The Morgan fingerprint density at radius 3 is 1.91 bits per heavy atom. The van der Waals surface area contributed by atoms with E-state index in [2.05, 4.69) is 49.9 Å². The molecule has 0 spiro atoms. The van der Waals surface area contributed by atoms with E-state index in [0.29, 0.717) is 25.4 Å². The van der Waals surface area contributed by atoms with E-state index in [1.807, 2.05) is 20.8 Å². The number of nitrogens with zero attached hydrogens (tertiary/aromatic N) is 2. The molecule has 0 N–H and O–H groups in total. The summed E-state index contributed by atoms with van der Waals surface area (Å²) in [5, 5.41) is 0. The minimum atomic E-state index is -2.59. The standard InChI is InChI=1S/C17H36N2O3Si/c1-8-20-23(21-9-2,22-10-3)16(4)11-12-18-13-14-19(15-18)17(5,6)7/h13-14,16H,8-12,15H2,1-7H3. The molecule has 5 nitrogen and oxygen atoms in total. The van der Waals surface area contributed by atoms with Gasteiger partial charge in [-0.05, 0) is 48.0 Å². The van der Waals surface area contributed by atoms with E-state index < -0.39 is 8.80 Å². The first-order valence-electron chi connectivity index (χ1n) is 8.90. The summed E-state index contributed by atoms with van der Waals surface area (Å²) in [5.41, 5.74) is 0.455. The van der Waals surface area contributed by atoms with Crippen LogP contribution in [-0.2, 0) is 13.3 Å². The van der Waals surface area contributed by atoms with Gasteiger partial charge in [-0.1, -0.05) is 6.92 Å². The zero-order valence-electron chi connectivity index (χ0n) is 16.1. The van der Waals surface area contributed by atoms with Gasteiger partial charge in [-0.2, -0.15) is 0 Å². The van der Waals surface area contributed by atoms with E-state index in [9.17, 15) is 0 Å². The third-order valence-corrected chi connectivity index (χ3v) is 7.71. The average molecular weight is 345 g/mol. The van der Waals surface area contributed by atoms with Crippen molar-refractivity contribution < 1.29 is 13.3 Å². The predicted molar refractivity (Wildman–Crippen MR) is 97.0 cm³/mol. The molecule has 136 valence electrons. The molecule has 0 amide bonds. The lowest BCUT2D eigenvalue weighted by Crippen LogP contribution is -2.50. The molecule has 6 heteroatoms. The highest BCUT2D eigenvalue weighted by Crippen LogP contribution is 2.30. The van der Waals surface area contributed by atoms with Crippen LogP contribution >= 0.6 is 0 Å². The zero-order valence-corrected chi connectivity index (χ0v) is 17.1. The summed E-state index contributed by atoms with van der Waals surface area (Å²) in [5.74, 6) is 0. The van der Waals surface area contributed by atoms with E-state index in [1.54, 1.807) is 0 Å². The normalized spacial score (nSPS) is 17.2. The second kappa shape index (κ2) is 9.06. The molecular formula is C17H36N2O3Si. The van der Waals surface area contributed by atoms with Gasteiger partial charge < -0.3 is 23.1 Å². The summed E-state index contributed by atoms with van der Waals surface area (Å²) in [6.45, 7) is 18.8. The molecule has 1 unspecified atom stereocenters. The zero-order chi connectivity index (χ0) is 17.5. The molecule has 0 bridgehead atoms. The Morgan fingerprint density at radius 1 is 1.00 bits per heavy atom. The second-order valence-corrected chi connectivity index (χ2v) is 10.0. The van der Waals surface area contributed by atoms with E-state index in [4.69, 9.17) is 13.3 Å². The van der Waals surface area contributed by atoms with Crippen molar-refractivity contribution in [3.05, 3.63) is 12.4 Å². The third-order valence-electron chi connectivity index (χ3n) is 4.14. The quantitative estimate of drug-likeness (QED) is 0.565. The van der Waals surface area contributed by atoms with Crippen molar-refractivity contribution in [3.8, 4) is 0 Å². The van der Waals surface area contributed by atoms with Crippen molar-refractivity contribution >= 4 is 8.80 Å². The van der Waals surface area contributed by atoms with Crippen LogP contribution < -0.4 is 0 Å². The van der Waals surface area contributed by atoms with E-state index >= 15 is 0 Å². The van der Waals surface area contributed by atoms with Crippen LogP contribution in [0.1, 0.15) is 54.9 Å². The van der Waals surface area contributed by atoms with E-state index in [0.717, 1.165) is 19.6 Å². The first-order chi connectivity index (χ1) is 10.8.